The lowest BCUT2D eigenvalue weighted by atomic mass is 10.0. The Morgan fingerprint density at radius 2 is 2.21 bits per heavy atom. The molecule has 1 atom stereocenters. The average molecular weight is 303 g/mol. The van der Waals surface area contributed by atoms with E-state index in [-0.39, 0.29) is 9.79 Å². The summed E-state index contributed by atoms with van der Waals surface area (Å²) in [5.74, 6) is -0.441. The molecule has 19 heavy (non-hydrogen) atoms. The van der Waals surface area contributed by atoms with Gasteiger partial charge in [-0.05, 0) is 49.8 Å². The predicted octanol–water partition coefficient (Wildman–Crippen LogP) is 2.25. The summed E-state index contributed by atoms with van der Waals surface area (Å²) in [6, 6.07) is 3.40. The minimum Gasteiger partial charge on any atom is -0.314 e. The molecule has 1 aliphatic heterocycles. The fourth-order valence-corrected chi connectivity index (χ4v) is 4.45. The molecular formula is C13H18FNO2S2. The minimum atomic E-state index is -3.41. The molecule has 1 aromatic carbocycles. The quantitative estimate of drug-likeness (QED) is 0.867. The van der Waals surface area contributed by atoms with Crippen molar-refractivity contribution in [1.29, 1.82) is 0 Å². The van der Waals surface area contributed by atoms with Crippen LogP contribution in [0.15, 0.2) is 21.9 Å². The van der Waals surface area contributed by atoms with E-state index in [0.717, 1.165) is 43.0 Å². The second-order valence-corrected chi connectivity index (χ2v) is 7.68. The molecule has 1 fully saturated rings. The molecule has 0 saturated carbocycles. The predicted molar refractivity (Wildman–Crippen MR) is 76.0 cm³/mol. The molecule has 0 aromatic heterocycles. The van der Waals surface area contributed by atoms with Crippen LogP contribution in [0.5, 0.6) is 0 Å². The van der Waals surface area contributed by atoms with E-state index in [1.165, 1.54) is 6.07 Å². The van der Waals surface area contributed by atoms with E-state index in [1.807, 2.05) is 0 Å². The zero-order valence-electron chi connectivity index (χ0n) is 11.1. The van der Waals surface area contributed by atoms with Gasteiger partial charge in [-0.2, -0.15) is 0 Å². The zero-order chi connectivity index (χ0) is 14.0. The lowest BCUT2D eigenvalue weighted by Crippen LogP contribution is -2.23. The Kier molecular flexibility index (Phi) is 4.53. The van der Waals surface area contributed by atoms with Gasteiger partial charge >= 0.3 is 0 Å². The highest BCUT2D eigenvalue weighted by molar-refractivity contribution is 7.99. The van der Waals surface area contributed by atoms with Crippen LogP contribution in [0, 0.1) is 5.82 Å². The van der Waals surface area contributed by atoms with Crippen LogP contribution in [-0.4, -0.2) is 33.5 Å². The average Bonchev–Trinajstić information content (AvgIpc) is 2.80. The van der Waals surface area contributed by atoms with Gasteiger partial charge in [-0.25, -0.2) is 12.8 Å². The van der Waals surface area contributed by atoms with Crippen molar-refractivity contribution in [2.45, 2.75) is 35.1 Å². The van der Waals surface area contributed by atoms with Gasteiger partial charge in [0.25, 0.3) is 0 Å². The lowest BCUT2D eigenvalue weighted by molar-refractivity contribution is 0.566. The number of hydrogen-bond donors (Lipinski definition) is 1. The molecule has 1 unspecified atom stereocenters. The Labute approximate surface area is 117 Å². The molecule has 1 aliphatic rings. The van der Waals surface area contributed by atoms with E-state index >= 15 is 0 Å². The number of halogens is 1. The Hall–Kier alpha value is -0.590. The van der Waals surface area contributed by atoms with Gasteiger partial charge in [0.2, 0.25) is 0 Å². The first-order valence-electron chi connectivity index (χ1n) is 6.21. The maximum Gasteiger partial charge on any atom is 0.176 e. The van der Waals surface area contributed by atoms with E-state index in [0.29, 0.717) is 12.5 Å². The van der Waals surface area contributed by atoms with Crippen LogP contribution >= 0.6 is 11.8 Å². The van der Waals surface area contributed by atoms with E-state index in [9.17, 15) is 12.8 Å². The normalized spacial score (nSPS) is 19.8. The van der Waals surface area contributed by atoms with Crippen LogP contribution in [-0.2, 0) is 16.3 Å². The molecule has 1 N–H and O–H groups in total. The Morgan fingerprint density at radius 3 is 2.74 bits per heavy atom. The molecule has 1 aromatic rings. The molecule has 0 radical (unpaired) electrons. The maximum absolute atomic E-state index is 14.0. The number of thioether (sulfide) groups is 1. The highest BCUT2D eigenvalue weighted by atomic mass is 32.2. The van der Waals surface area contributed by atoms with Gasteiger partial charge in [-0.3, -0.25) is 0 Å². The summed E-state index contributed by atoms with van der Waals surface area (Å²) in [6.45, 7) is 0.981. The molecule has 0 spiro atoms. The van der Waals surface area contributed by atoms with Crippen molar-refractivity contribution in [2.24, 2.45) is 0 Å². The summed E-state index contributed by atoms with van der Waals surface area (Å²) < 4.78 is 37.5. The zero-order valence-corrected chi connectivity index (χ0v) is 12.7. The Balaban J connectivity index is 2.38. The second-order valence-electron chi connectivity index (χ2n) is 4.88. The van der Waals surface area contributed by atoms with Crippen molar-refractivity contribution >= 4 is 21.6 Å². The van der Waals surface area contributed by atoms with Gasteiger partial charge in [0, 0.05) is 12.3 Å². The molecule has 1 heterocycles. The summed E-state index contributed by atoms with van der Waals surface area (Å²) in [6.07, 6.45) is 5.66. The van der Waals surface area contributed by atoms with Crippen molar-refractivity contribution in [3.63, 3.8) is 0 Å². The van der Waals surface area contributed by atoms with E-state index < -0.39 is 15.7 Å². The van der Waals surface area contributed by atoms with Crippen LogP contribution in [0.1, 0.15) is 18.4 Å². The van der Waals surface area contributed by atoms with Crippen molar-refractivity contribution in [3.05, 3.63) is 23.5 Å². The fourth-order valence-electron chi connectivity index (χ4n) is 2.43. The Morgan fingerprint density at radius 1 is 1.47 bits per heavy atom. The third-order valence-electron chi connectivity index (χ3n) is 3.32. The smallest absolute Gasteiger partial charge is 0.176 e. The fraction of sp³-hybridized carbons (Fsp3) is 0.538. The van der Waals surface area contributed by atoms with E-state index in [4.69, 9.17) is 0 Å². The topological polar surface area (TPSA) is 46.2 Å². The van der Waals surface area contributed by atoms with E-state index in [1.54, 1.807) is 12.3 Å². The first kappa shape index (κ1) is 14.8. The summed E-state index contributed by atoms with van der Waals surface area (Å²) in [5, 5.41) is 3.33. The molecule has 2 rings (SSSR count). The molecule has 106 valence electrons. The first-order valence-corrected chi connectivity index (χ1v) is 9.33. The number of benzene rings is 1. The van der Waals surface area contributed by atoms with Gasteiger partial charge in [-0.15, -0.1) is 11.8 Å². The molecule has 1 saturated heterocycles. The van der Waals surface area contributed by atoms with Crippen molar-refractivity contribution < 1.29 is 12.8 Å². The number of nitrogens with one attached hydrogen (secondary N) is 1. The summed E-state index contributed by atoms with van der Waals surface area (Å²) >= 11 is 1.13. The molecular weight excluding hydrogens is 285 g/mol. The summed E-state index contributed by atoms with van der Waals surface area (Å²) in [5.41, 5.74) is 0.745. The monoisotopic (exact) mass is 303 g/mol. The molecule has 0 amide bonds. The molecule has 3 nitrogen and oxygen atoms in total. The van der Waals surface area contributed by atoms with Crippen molar-refractivity contribution in [1.82, 2.24) is 5.32 Å². The van der Waals surface area contributed by atoms with Gasteiger partial charge in [0.1, 0.15) is 5.82 Å². The highest BCUT2D eigenvalue weighted by Gasteiger charge is 2.20. The first-order chi connectivity index (χ1) is 8.91. The molecule has 0 bridgehead atoms. The van der Waals surface area contributed by atoms with Crippen LogP contribution in [0.2, 0.25) is 0 Å². The number of sulfone groups is 1. The van der Waals surface area contributed by atoms with Crippen molar-refractivity contribution in [2.75, 3.05) is 19.1 Å². The standard InChI is InChI=1S/C13H18FNO2S2/c1-18-13-11(14)7-9(6-10-4-3-5-15-10)8-12(13)19(2,16)17/h7-8,10,15H,3-6H2,1-2H3. The summed E-state index contributed by atoms with van der Waals surface area (Å²) in [4.78, 5) is 0.318. The van der Waals surface area contributed by atoms with E-state index in [2.05, 4.69) is 5.32 Å². The third-order valence-corrected chi connectivity index (χ3v) is 5.39. The van der Waals surface area contributed by atoms with Gasteiger partial charge < -0.3 is 5.32 Å². The van der Waals surface area contributed by atoms with Gasteiger partial charge in [-0.1, -0.05) is 0 Å². The largest absolute Gasteiger partial charge is 0.314 e. The van der Waals surface area contributed by atoms with Crippen LogP contribution < -0.4 is 5.32 Å². The van der Waals surface area contributed by atoms with Gasteiger partial charge in [0.15, 0.2) is 9.84 Å². The third kappa shape index (κ3) is 3.49. The maximum atomic E-state index is 14.0. The molecule has 0 aliphatic carbocycles. The highest BCUT2D eigenvalue weighted by Crippen LogP contribution is 2.30. The SMILES string of the molecule is CSc1c(F)cc(CC2CCCN2)cc1S(C)(=O)=O. The number of rotatable bonds is 4. The molecule has 6 heteroatoms. The van der Waals surface area contributed by atoms with Crippen molar-refractivity contribution in [3.8, 4) is 0 Å². The summed E-state index contributed by atoms with van der Waals surface area (Å²) in [7, 11) is -3.41. The van der Waals surface area contributed by atoms with Crippen LogP contribution in [0.3, 0.4) is 0 Å². The van der Waals surface area contributed by atoms with Gasteiger partial charge in [0.05, 0.1) is 9.79 Å². The number of hydrogen-bond acceptors (Lipinski definition) is 4. The Bertz CT molecular complexity index is 566. The van der Waals surface area contributed by atoms with Crippen LogP contribution in [0.25, 0.3) is 0 Å². The van der Waals surface area contributed by atoms with Crippen LogP contribution in [0.4, 0.5) is 4.39 Å². The lowest BCUT2D eigenvalue weighted by Gasteiger charge is -2.13. The minimum absolute atomic E-state index is 0.105. The second kappa shape index (κ2) is 5.81.